The smallest absolute Gasteiger partial charge is 0.125 e. The lowest BCUT2D eigenvalue weighted by atomic mass is 10.0. The normalized spacial score (nSPS) is 10.8. The predicted molar refractivity (Wildman–Crippen MR) is 116 cm³/mol. The molecule has 4 heteroatoms. The third-order valence-electron chi connectivity index (χ3n) is 4.59. The van der Waals surface area contributed by atoms with Gasteiger partial charge in [-0.05, 0) is 58.8 Å². The Morgan fingerprint density at radius 1 is 0.857 bits per heavy atom. The summed E-state index contributed by atoms with van der Waals surface area (Å²) in [5, 5.41) is 5.77. The summed E-state index contributed by atoms with van der Waals surface area (Å²) in [7, 11) is 0. The van der Waals surface area contributed by atoms with E-state index in [0.29, 0.717) is 13.2 Å². The Kier molecular flexibility index (Phi) is 5.58. The van der Waals surface area contributed by atoms with Gasteiger partial charge in [0.05, 0.1) is 0 Å². The van der Waals surface area contributed by atoms with Crippen LogP contribution < -0.4 is 10.1 Å². The van der Waals surface area contributed by atoms with Crippen molar-refractivity contribution in [2.24, 2.45) is 0 Å². The fourth-order valence-corrected chi connectivity index (χ4v) is 3.44. The molecule has 0 saturated heterocycles. The molecule has 4 rings (SSSR count). The molecule has 0 bridgehead atoms. The van der Waals surface area contributed by atoms with Crippen molar-refractivity contribution in [3.8, 4) is 5.75 Å². The third-order valence-corrected chi connectivity index (χ3v) is 5.12. The van der Waals surface area contributed by atoms with Gasteiger partial charge in [0.25, 0.3) is 0 Å². The minimum Gasteiger partial charge on any atom is -0.489 e. The minimum absolute atomic E-state index is 0.253. The predicted octanol–water partition coefficient (Wildman–Crippen LogP) is 6.93. The molecule has 28 heavy (non-hydrogen) atoms. The van der Waals surface area contributed by atoms with Crippen molar-refractivity contribution >= 4 is 32.4 Å². The first-order chi connectivity index (χ1) is 13.7. The van der Waals surface area contributed by atoms with Crippen molar-refractivity contribution in [2.75, 3.05) is 5.32 Å². The SMILES string of the molecule is Fc1cccc(COc2ccc3ccccc3c2CNc2ccc(Br)cc2)c1. The Labute approximate surface area is 172 Å². The molecule has 0 radical (unpaired) electrons. The van der Waals surface area contributed by atoms with Gasteiger partial charge in [-0.3, -0.25) is 0 Å². The van der Waals surface area contributed by atoms with Crippen LogP contribution in [-0.4, -0.2) is 0 Å². The van der Waals surface area contributed by atoms with E-state index in [1.165, 1.54) is 12.1 Å². The largest absolute Gasteiger partial charge is 0.489 e. The molecular weight excluding hydrogens is 417 g/mol. The average molecular weight is 436 g/mol. The first kappa shape index (κ1) is 18.5. The van der Waals surface area contributed by atoms with E-state index in [1.54, 1.807) is 6.07 Å². The molecule has 140 valence electrons. The first-order valence-electron chi connectivity index (χ1n) is 9.06. The van der Waals surface area contributed by atoms with E-state index in [2.05, 4.69) is 39.4 Å². The second kappa shape index (κ2) is 8.44. The van der Waals surface area contributed by atoms with Crippen LogP contribution in [0.4, 0.5) is 10.1 Å². The highest BCUT2D eigenvalue weighted by atomic mass is 79.9. The van der Waals surface area contributed by atoms with Gasteiger partial charge in [-0.25, -0.2) is 4.39 Å². The van der Waals surface area contributed by atoms with Crippen LogP contribution in [0.15, 0.2) is 89.4 Å². The van der Waals surface area contributed by atoms with Crippen molar-refractivity contribution in [3.63, 3.8) is 0 Å². The summed E-state index contributed by atoms with van der Waals surface area (Å²) in [5.74, 6) is 0.546. The molecule has 4 aromatic carbocycles. The van der Waals surface area contributed by atoms with Gasteiger partial charge in [0.2, 0.25) is 0 Å². The Hall–Kier alpha value is -2.85. The second-order valence-electron chi connectivity index (χ2n) is 6.54. The zero-order valence-electron chi connectivity index (χ0n) is 15.2. The molecule has 0 spiro atoms. The highest BCUT2D eigenvalue weighted by molar-refractivity contribution is 9.10. The van der Waals surface area contributed by atoms with Gasteiger partial charge in [-0.2, -0.15) is 0 Å². The summed E-state index contributed by atoms with van der Waals surface area (Å²) in [4.78, 5) is 0. The van der Waals surface area contributed by atoms with Crippen LogP contribution in [-0.2, 0) is 13.2 Å². The average Bonchev–Trinajstić information content (AvgIpc) is 2.72. The van der Waals surface area contributed by atoms with Crippen LogP contribution >= 0.6 is 15.9 Å². The topological polar surface area (TPSA) is 21.3 Å². The van der Waals surface area contributed by atoms with Gasteiger partial charge in [-0.15, -0.1) is 0 Å². The number of anilines is 1. The number of fused-ring (bicyclic) bond motifs is 1. The monoisotopic (exact) mass is 435 g/mol. The molecular formula is C24H19BrFNO. The standard InChI is InChI=1S/C24H19BrFNO/c25-19-9-11-21(12-10-19)27-15-23-22-7-2-1-5-18(22)8-13-24(23)28-16-17-4-3-6-20(26)14-17/h1-14,27H,15-16H2. The maximum absolute atomic E-state index is 13.4. The van der Waals surface area contributed by atoms with Gasteiger partial charge >= 0.3 is 0 Å². The number of halogens is 2. The van der Waals surface area contributed by atoms with Crippen LogP contribution in [0.3, 0.4) is 0 Å². The van der Waals surface area contributed by atoms with Crippen molar-refractivity contribution in [1.82, 2.24) is 0 Å². The number of hydrogen-bond donors (Lipinski definition) is 1. The first-order valence-corrected chi connectivity index (χ1v) is 9.86. The van der Waals surface area contributed by atoms with Crippen LogP contribution in [0.25, 0.3) is 10.8 Å². The lowest BCUT2D eigenvalue weighted by molar-refractivity contribution is 0.303. The molecule has 0 amide bonds. The summed E-state index contributed by atoms with van der Waals surface area (Å²) in [5.41, 5.74) is 2.92. The molecule has 0 atom stereocenters. The molecule has 0 saturated carbocycles. The van der Waals surface area contributed by atoms with Crippen molar-refractivity contribution in [2.45, 2.75) is 13.2 Å². The number of hydrogen-bond acceptors (Lipinski definition) is 2. The third kappa shape index (κ3) is 4.34. The van der Waals surface area contributed by atoms with Crippen LogP contribution in [0, 0.1) is 5.82 Å². The second-order valence-corrected chi connectivity index (χ2v) is 7.46. The van der Waals surface area contributed by atoms with Crippen molar-refractivity contribution in [3.05, 3.63) is 106 Å². The van der Waals surface area contributed by atoms with Crippen LogP contribution in [0.5, 0.6) is 5.75 Å². The number of ether oxygens (including phenoxy) is 1. The van der Waals surface area contributed by atoms with E-state index in [0.717, 1.165) is 37.8 Å². The van der Waals surface area contributed by atoms with Crippen LogP contribution in [0.1, 0.15) is 11.1 Å². The van der Waals surface area contributed by atoms with Crippen molar-refractivity contribution in [1.29, 1.82) is 0 Å². The summed E-state index contributed by atoms with van der Waals surface area (Å²) in [6.07, 6.45) is 0. The van der Waals surface area contributed by atoms with E-state index < -0.39 is 0 Å². The van der Waals surface area contributed by atoms with E-state index in [-0.39, 0.29) is 5.82 Å². The molecule has 0 unspecified atom stereocenters. The molecule has 0 aliphatic carbocycles. The quantitative estimate of drug-likeness (QED) is 0.354. The highest BCUT2D eigenvalue weighted by Gasteiger charge is 2.10. The Balaban J connectivity index is 1.61. The zero-order valence-corrected chi connectivity index (χ0v) is 16.7. The summed E-state index contributed by atoms with van der Waals surface area (Å²) < 4.78 is 20.6. The molecule has 4 aromatic rings. The number of rotatable bonds is 6. The summed E-state index contributed by atoms with van der Waals surface area (Å²) >= 11 is 3.46. The molecule has 0 aliphatic heterocycles. The van der Waals surface area contributed by atoms with E-state index in [1.807, 2.05) is 48.5 Å². The zero-order chi connectivity index (χ0) is 19.3. The van der Waals surface area contributed by atoms with E-state index in [9.17, 15) is 4.39 Å². The maximum atomic E-state index is 13.4. The van der Waals surface area contributed by atoms with Gasteiger partial charge in [0, 0.05) is 22.3 Å². The lowest BCUT2D eigenvalue weighted by Crippen LogP contribution is -2.05. The molecule has 0 aliphatic rings. The lowest BCUT2D eigenvalue weighted by Gasteiger charge is -2.16. The molecule has 0 heterocycles. The van der Waals surface area contributed by atoms with Crippen LogP contribution in [0.2, 0.25) is 0 Å². The molecule has 1 N–H and O–H groups in total. The van der Waals surface area contributed by atoms with Gasteiger partial charge in [0.15, 0.2) is 0 Å². The Morgan fingerprint density at radius 2 is 1.68 bits per heavy atom. The van der Waals surface area contributed by atoms with Gasteiger partial charge in [-0.1, -0.05) is 58.4 Å². The fraction of sp³-hybridized carbons (Fsp3) is 0.0833. The molecule has 2 nitrogen and oxygen atoms in total. The highest BCUT2D eigenvalue weighted by Crippen LogP contribution is 2.30. The summed E-state index contributed by atoms with van der Waals surface area (Å²) in [6.45, 7) is 0.947. The van der Waals surface area contributed by atoms with Crippen molar-refractivity contribution < 1.29 is 9.13 Å². The summed E-state index contributed by atoms with van der Waals surface area (Å²) in [6, 6.07) is 26.9. The van der Waals surface area contributed by atoms with E-state index >= 15 is 0 Å². The minimum atomic E-state index is -0.253. The fourth-order valence-electron chi connectivity index (χ4n) is 3.18. The Morgan fingerprint density at radius 3 is 2.50 bits per heavy atom. The van der Waals surface area contributed by atoms with Gasteiger partial charge in [0.1, 0.15) is 18.2 Å². The Bertz CT molecular complexity index is 1100. The molecule has 0 fully saturated rings. The maximum Gasteiger partial charge on any atom is 0.125 e. The number of nitrogens with one attached hydrogen (secondary N) is 1. The van der Waals surface area contributed by atoms with Gasteiger partial charge < -0.3 is 10.1 Å². The molecule has 0 aromatic heterocycles. The number of benzene rings is 4. The van der Waals surface area contributed by atoms with E-state index in [4.69, 9.17) is 4.74 Å².